The van der Waals surface area contributed by atoms with Crippen LogP contribution in [-0.4, -0.2) is 23.4 Å². The van der Waals surface area contributed by atoms with Crippen molar-refractivity contribution in [1.29, 1.82) is 0 Å². The number of halogens is 12. The predicted molar refractivity (Wildman–Crippen MR) is 66.0 cm³/mol. The van der Waals surface area contributed by atoms with Crippen LogP contribution in [0.2, 0.25) is 0 Å². The van der Waals surface area contributed by atoms with E-state index in [0.29, 0.717) is 0 Å². The average molecular weight is 593 g/mol. The monoisotopic (exact) mass is 588 g/mol. The zero-order valence-electron chi connectivity index (χ0n) is 7.04. The van der Waals surface area contributed by atoms with Crippen molar-refractivity contribution in [2.24, 2.45) is 0 Å². The first kappa shape index (κ1) is 18.9. The van der Waals surface area contributed by atoms with Gasteiger partial charge in [0.25, 0.3) is 0 Å². The van der Waals surface area contributed by atoms with E-state index < -0.39 is 23.4 Å². The molecule has 0 nitrogen and oxygen atoms in total. The second kappa shape index (κ2) is 5.03. The van der Waals surface area contributed by atoms with Crippen molar-refractivity contribution in [1.82, 2.24) is 0 Å². The Labute approximate surface area is 133 Å². The molecule has 0 aliphatic heterocycles. The summed E-state index contributed by atoms with van der Waals surface area (Å²) in [5.41, 5.74) is 0. The predicted octanol–water partition coefficient (Wildman–Crippen LogP) is 6.14. The van der Waals surface area contributed by atoms with Gasteiger partial charge in [-0.3, -0.25) is 0 Å². The first-order valence-corrected chi connectivity index (χ1v) is 7.23. The zero-order chi connectivity index (χ0) is 14.5. The van der Waals surface area contributed by atoms with E-state index in [1.165, 1.54) is 0 Å². The maximum absolute atomic E-state index is 13.3. The van der Waals surface area contributed by atoms with Gasteiger partial charge in [-0.25, -0.2) is 0 Å². The van der Waals surface area contributed by atoms with Crippen LogP contribution < -0.4 is 0 Å². The smallest absolute Gasteiger partial charge is 0.197 e. The van der Waals surface area contributed by atoms with Crippen LogP contribution in [0.25, 0.3) is 0 Å². The van der Waals surface area contributed by atoms with Gasteiger partial charge >= 0.3 is 18.0 Å². The van der Waals surface area contributed by atoms with E-state index in [4.69, 9.17) is 0 Å². The van der Waals surface area contributed by atoms with Gasteiger partial charge in [0.2, 0.25) is 0 Å². The summed E-state index contributed by atoms with van der Waals surface area (Å²) in [7, 11) is 0. The van der Waals surface area contributed by atoms with Crippen LogP contribution in [0.4, 0.5) is 30.7 Å². The first-order chi connectivity index (χ1) is 7.00. The summed E-state index contributed by atoms with van der Waals surface area (Å²) in [6.07, 6.45) is -6.40. The average Bonchev–Trinajstić information content (AvgIpc) is 1.98. The minimum absolute atomic E-state index is 2.10. The first-order valence-electron chi connectivity index (χ1n) is 3.27. The molecule has 0 aromatic rings. The van der Waals surface area contributed by atoms with E-state index in [1.54, 1.807) is 0 Å². The van der Waals surface area contributed by atoms with Gasteiger partial charge in [-0.2, -0.15) is 30.7 Å². The summed E-state index contributed by atoms with van der Waals surface area (Å²) < 4.78 is 82.6. The molecule has 0 unspecified atom stereocenters. The third kappa shape index (κ3) is 3.15. The van der Waals surface area contributed by atoms with Crippen LogP contribution in [0.15, 0.2) is 0 Å². The Morgan fingerprint density at radius 2 is 0.824 bits per heavy atom. The molecule has 0 aromatic carbocycles. The van der Waals surface area contributed by atoms with Crippen molar-refractivity contribution in [3.05, 3.63) is 0 Å². The molecule has 0 spiro atoms. The van der Waals surface area contributed by atoms with E-state index in [2.05, 4.69) is 79.6 Å². The highest BCUT2D eigenvalue weighted by molar-refractivity contribution is 9.41. The van der Waals surface area contributed by atoms with Crippen LogP contribution >= 0.6 is 79.6 Å². The van der Waals surface area contributed by atoms with Gasteiger partial charge in [-0.05, 0) is 0 Å². The highest BCUT2D eigenvalue weighted by Gasteiger charge is 2.81. The summed E-state index contributed by atoms with van der Waals surface area (Å²) in [6, 6.07) is 0. The van der Waals surface area contributed by atoms with Crippen LogP contribution in [-0.2, 0) is 0 Å². The maximum Gasteiger partial charge on any atom is 0.459 e. The Hall–Kier alpha value is 1.91. The van der Waals surface area contributed by atoms with Crippen molar-refractivity contribution in [3.8, 4) is 0 Å². The van der Waals surface area contributed by atoms with Gasteiger partial charge in [0.15, 0.2) is 5.38 Å². The number of alkyl halides is 12. The molecule has 12 heteroatoms. The van der Waals surface area contributed by atoms with Crippen LogP contribution in [0.3, 0.4) is 0 Å². The Morgan fingerprint density at radius 1 is 0.529 bits per heavy atom. The topological polar surface area (TPSA) is 0 Å². The molecule has 104 valence electrons. The molecular formula is C5Br5F7. The number of hydrogen-bond acceptors (Lipinski definition) is 0. The van der Waals surface area contributed by atoms with E-state index in [-0.39, 0.29) is 0 Å². The molecule has 0 aliphatic rings. The Bertz CT molecular complexity index is 262. The third-order valence-corrected chi connectivity index (χ3v) is 8.66. The molecule has 0 saturated carbocycles. The molecule has 17 heavy (non-hydrogen) atoms. The quantitative estimate of drug-likeness (QED) is 0.267. The standard InChI is InChI=1S/C5Br5F7/c6-1(7,4(8,9)10)2(11,12)3(13,14)5(15,16)17. The van der Waals surface area contributed by atoms with Crippen molar-refractivity contribution in [2.45, 2.75) is 23.4 Å². The lowest BCUT2D eigenvalue weighted by molar-refractivity contribution is -0.354. The molecule has 0 rings (SSSR count). The second-order valence-electron chi connectivity index (χ2n) is 2.72. The van der Waals surface area contributed by atoms with Crippen molar-refractivity contribution in [2.75, 3.05) is 0 Å². The summed E-state index contributed by atoms with van der Waals surface area (Å²) in [5, 5.41) is 0. The highest BCUT2D eigenvalue weighted by Crippen LogP contribution is 2.65. The summed E-state index contributed by atoms with van der Waals surface area (Å²) in [5.74, 6) is -11.7. The molecular weight excluding hydrogens is 593 g/mol. The van der Waals surface area contributed by atoms with Crippen LogP contribution in [0.1, 0.15) is 0 Å². The van der Waals surface area contributed by atoms with Crippen molar-refractivity contribution < 1.29 is 30.7 Å². The van der Waals surface area contributed by atoms with Crippen molar-refractivity contribution in [3.63, 3.8) is 0 Å². The fourth-order valence-corrected chi connectivity index (χ4v) is 1.80. The van der Waals surface area contributed by atoms with Gasteiger partial charge in [-0.15, -0.1) is 0 Å². The molecule has 0 N–H and O–H groups in total. The van der Waals surface area contributed by atoms with E-state index in [0.717, 1.165) is 0 Å². The highest BCUT2D eigenvalue weighted by atomic mass is 80.0. The molecule has 0 atom stereocenters. The lowest BCUT2D eigenvalue weighted by Gasteiger charge is -2.40. The zero-order valence-corrected chi connectivity index (χ0v) is 15.0. The molecule has 0 saturated heterocycles. The molecule has 0 aromatic heterocycles. The molecule has 0 aliphatic carbocycles. The van der Waals surface area contributed by atoms with E-state index in [1.807, 2.05) is 0 Å². The van der Waals surface area contributed by atoms with Gasteiger partial charge in [-0.1, -0.05) is 79.6 Å². The van der Waals surface area contributed by atoms with Gasteiger partial charge in [0.05, 0.1) is 0 Å². The second-order valence-corrected chi connectivity index (χ2v) is 12.9. The lowest BCUT2D eigenvalue weighted by Crippen LogP contribution is -2.63. The fraction of sp³-hybridized carbons (Fsp3) is 1.00. The molecule has 0 amide bonds. The maximum atomic E-state index is 13.3. The van der Waals surface area contributed by atoms with E-state index in [9.17, 15) is 30.7 Å². The Kier molecular flexibility index (Phi) is 5.59. The van der Waals surface area contributed by atoms with Crippen LogP contribution in [0.5, 0.6) is 0 Å². The SMILES string of the molecule is FC(F)(F)C(F)(F)C(F)(F)C(Br)(Br)C(Br)(Br)Br. The number of rotatable bonds is 2. The lowest BCUT2D eigenvalue weighted by atomic mass is 10.1. The molecule has 0 radical (unpaired) electrons. The Balaban J connectivity index is 5.73. The molecule has 0 fully saturated rings. The van der Waals surface area contributed by atoms with Gasteiger partial charge < -0.3 is 0 Å². The summed E-state index contributed by atoms with van der Waals surface area (Å²) in [6.45, 7) is 0. The largest absolute Gasteiger partial charge is 0.459 e. The minimum Gasteiger partial charge on any atom is -0.197 e. The summed E-state index contributed by atoms with van der Waals surface area (Å²) >= 11 is 11.6. The molecule has 0 bridgehead atoms. The van der Waals surface area contributed by atoms with E-state index >= 15 is 0 Å². The number of hydrogen-bond donors (Lipinski definition) is 0. The summed E-state index contributed by atoms with van der Waals surface area (Å²) in [4.78, 5) is 0. The molecule has 0 heterocycles. The van der Waals surface area contributed by atoms with Crippen molar-refractivity contribution >= 4 is 79.6 Å². The van der Waals surface area contributed by atoms with Crippen LogP contribution in [0, 0.1) is 0 Å². The normalized spacial score (nSPS) is 16.2. The Morgan fingerprint density at radius 3 is 1.00 bits per heavy atom. The third-order valence-electron chi connectivity index (χ3n) is 1.50. The van der Waals surface area contributed by atoms with Gasteiger partial charge in [0, 0.05) is 0 Å². The fourth-order valence-electron chi connectivity index (χ4n) is 0.553. The van der Waals surface area contributed by atoms with Gasteiger partial charge in [0.1, 0.15) is 0 Å². The minimum atomic E-state index is -6.40.